The summed E-state index contributed by atoms with van der Waals surface area (Å²) in [6, 6.07) is 14.2. The lowest BCUT2D eigenvalue weighted by Crippen LogP contribution is -2.35. The van der Waals surface area contributed by atoms with E-state index in [-0.39, 0.29) is 23.8 Å². The number of anilines is 1. The van der Waals surface area contributed by atoms with E-state index >= 15 is 0 Å². The Morgan fingerprint density at radius 2 is 1.83 bits per heavy atom. The van der Waals surface area contributed by atoms with Crippen LogP contribution in [0.4, 0.5) is 5.82 Å². The van der Waals surface area contributed by atoms with Crippen LogP contribution in [0.5, 0.6) is 0 Å². The van der Waals surface area contributed by atoms with Gasteiger partial charge >= 0.3 is 0 Å². The van der Waals surface area contributed by atoms with Crippen molar-refractivity contribution in [1.82, 2.24) is 19.7 Å². The molecular weight excluding hydrogens is 390 g/mol. The molecule has 3 aromatic rings. The molecule has 0 radical (unpaired) electrons. The van der Waals surface area contributed by atoms with Gasteiger partial charge in [-0.05, 0) is 25.0 Å². The molecule has 0 saturated carbocycles. The van der Waals surface area contributed by atoms with Crippen molar-refractivity contribution in [3.05, 3.63) is 63.9 Å². The number of aromatic nitrogens is 3. The Labute approximate surface area is 172 Å². The van der Waals surface area contributed by atoms with Crippen molar-refractivity contribution in [2.24, 2.45) is 0 Å². The van der Waals surface area contributed by atoms with Crippen molar-refractivity contribution in [3.8, 4) is 22.5 Å². The second kappa shape index (κ2) is 8.05. The van der Waals surface area contributed by atoms with Gasteiger partial charge in [-0.15, -0.1) is 0 Å². The van der Waals surface area contributed by atoms with Crippen LogP contribution in [0.3, 0.4) is 0 Å². The van der Waals surface area contributed by atoms with Crippen LogP contribution in [0.1, 0.15) is 12.8 Å². The molecule has 4 rings (SSSR count). The summed E-state index contributed by atoms with van der Waals surface area (Å²) in [5, 5.41) is 4.73. The number of amides is 1. The quantitative estimate of drug-likeness (QED) is 0.715. The molecule has 1 aliphatic rings. The summed E-state index contributed by atoms with van der Waals surface area (Å²) < 4.78 is 1.19. The summed E-state index contributed by atoms with van der Waals surface area (Å²) in [4.78, 5) is 31.0. The van der Waals surface area contributed by atoms with E-state index in [1.54, 1.807) is 17.0 Å². The van der Waals surface area contributed by atoms with Gasteiger partial charge in [0.05, 0.1) is 16.4 Å². The van der Waals surface area contributed by atoms with Crippen molar-refractivity contribution in [2.45, 2.75) is 19.4 Å². The van der Waals surface area contributed by atoms with Crippen molar-refractivity contribution < 1.29 is 4.79 Å². The highest BCUT2D eigenvalue weighted by molar-refractivity contribution is 6.33. The molecular formula is C21H20ClN5O2. The van der Waals surface area contributed by atoms with E-state index in [1.165, 1.54) is 10.7 Å². The number of rotatable bonds is 4. The van der Waals surface area contributed by atoms with Crippen LogP contribution >= 0.6 is 11.6 Å². The van der Waals surface area contributed by atoms with Gasteiger partial charge in [-0.1, -0.05) is 41.9 Å². The second-order valence-electron chi connectivity index (χ2n) is 6.92. The highest BCUT2D eigenvalue weighted by Crippen LogP contribution is 2.33. The number of hydrogen-bond acceptors (Lipinski definition) is 5. The van der Waals surface area contributed by atoms with E-state index in [2.05, 4.69) is 10.1 Å². The predicted molar refractivity (Wildman–Crippen MR) is 112 cm³/mol. The summed E-state index contributed by atoms with van der Waals surface area (Å²) in [6.07, 6.45) is 1.98. The first-order valence-corrected chi connectivity index (χ1v) is 9.78. The summed E-state index contributed by atoms with van der Waals surface area (Å²) in [7, 11) is 0. The van der Waals surface area contributed by atoms with Gasteiger partial charge in [-0.3, -0.25) is 9.59 Å². The van der Waals surface area contributed by atoms with Gasteiger partial charge in [0, 0.05) is 30.3 Å². The first-order chi connectivity index (χ1) is 14.0. The molecule has 2 N–H and O–H groups in total. The Kier molecular flexibility index (Phi) is 5.31. The monoisotopic (exact) mass is 409 g/mol. The normalized spacial score (nSPS) is 13.6. The molecule has 8 heteroatoms. The third-order valence-electron chi connectivity index (χ3n) is 4.94. The Hall–Kier alpha value is -3.19. The molecule has 148 valence electrons. The van der Waals surface area contributed by atoms with Gasteiger partial charge in [-0.2, -0.15) is 5.10 Å². The number of hydrogen-bond donors (Lipinski definition) is 1. The minimum absolute atomic E-state index is 0.0938. The predicted octanol–water partition coefficient (Wildman–Crippen LogP) is 2.83. The SMILES string of the molecule is Nc1nc(-c2ccccc2)c(-c2ccc(=O)n(CC(=O)N3CCCC3)n2)cc1Cl. The minimum atomic E-state index is -0.336. The van der Waals surface area contributed by atoms with Gasteiger partial charge in [0.25, 0.3) is 5.56 Å². The van der Waals surface area contributed by atoms with E-state index < -0.39 is 0 Å². The fourth-order valence-corrected chi connectivity index (χ4v) is 3.57. The number of nitrogen functional groups attached to an aromatic ring is 1. The van der Waals surface area contributed by atoms with Crippen molar-refractivity contribution in [3.63, 3.8) is 0 Å². The number of likely N-dealkylation sites (tertiary alicyclic amines) is 1. The van der Waals surface area contributed by atoms with Gasteiger partial charge < -0.3 is 10.6 Å². The molecule has 0 aliphatic carbocycles. The molecule has 0 atom stereocenters. The molecule has 1 saturated heterocycles. The molecule has 1 amide bonds. The van der Waals surface area contributed by atoms with Crippen molar-refractivity contribution >= 4 is 23.3 Å². The second-order valence-corrected chi connectivity index (χ2v) is 7.33. The highest BCUT2D eigenvalue weighted by atomic mass is 35.5. The summed E-state index contributed by atoms with van der Waals surface area (Å²) in [5.41, 5.74) is 8.17. The molecule has 1 aliphatic heterocycles. The van der Waals surface area contributed by atoms with Crippen LogP contribution in [-0.2, 0) is 11.3 Å². The minimum Gasteiger partial charge on any atom is -0.382 e. The molecule has 0 unspecified atom stereocenters. The molecule has 0 spiro atoms. The number of halogens is 1. The van der Waals surface area contributed by atoms with E-state index in [4.69, 9.17) is 17.3 Å². The number of nitrogens with two attached hydrogens (primary N) is 1. The molecule has 2 aromatic heterocycles. The highest BCUT2D eigenvalue weighted by Gasteiger charge is 2.20. The van der Waals surface area contributed by atoms with E-state index in [0.29, 0.717) is 22.0 Å². The van der Waals surface area contributed by atoms with Gasteiger partial charge in [-0.25, -0.2) is 9.67 Å². The Balaban J connectivity index is 1.76. The number of benzene rings is 1. The Morgan fingerprint density at radius 1 is 1.10 bits per heavy atom. The van der Waals surface area contributed by atoms with Crippen molar-refractivity contribution in [1.29, 1.82) is 0 Å². The topological polar surface area (TPSA) is 94.1 Å². The number of carbonyl (C=O) groups excluding carboxylic acids is 1. The van der Waals surface area contributed by atoms with Crippen LogP contribution in [0, 0.1) is 0 Å². The molecule has 0 bridgehead atoms. The Morgan fingerprint density at radius 3 is 2.55 bits per heavy atom. The smallest absolute Gasteiger partial charge is 0.267 e. The van der Waals surface area contributed by atoms with Crippen LogP contribution in [-0.4, -0.2) is 38.7 Å². The first-order valence-electron chi connectivity index (χ1n) is 9.40. The van der Waals surface area contributed by atoms with Gasteiger partial charge in [0.1, 0.15) is 12.4 Å². The summed E-state index contributed by atoms with van der Waals surface area (Å²) >= 11 is 6.22. The largest absolute Gasteiger partial charge is 0.382 e. The fraction of sp³-hybridized carbons (Fsp3) is 0.238. The van der Waals surface area contributed by atoms with E-state index in [0.717, 1.165) is 31.5 Å². The molecule has 7 nitrogen and oxygen atoms in total. The molecule has 3 heterocycles. The van der Waals surface area contributed by atoms with Crippen LogP contribution < -0.4 is 11.3 Å². The zero-order chi connectivity index (χ0) is 20.4. The summed E-state index contributed by atoms with van der Waals surface area (Å²) in [5.74, 6) is 0.109. The van der Waals surface area contributed by atoms with E-state index in [1.807, 2.05) is 30.3 Å². The fourth-order valence-electron chi connectivity index (χ4n) is 3.41. The maximum Gasteiger partial charge on any atom is 0.267 e. The lowest BCUT2D eigenvalue weighted by molar-refractivity contribution is -0.131. The maximum atomic E-state index is 12.5. The first kappa shape index (κ1) is 19.1. The number of carbonyl (C=O) groups is 1. The standard InChI is InChI=1S/C21H20ClN5O2/c22-16-12-15(20(24-21(16)23)14-6-2-1-3-7-14)17-8-9-18(28)27(25-17)13-19(29)26-10-4-5-11-26/h1-3,6-9,12H,4-5,10-11,13H2,(H2,23,24). The third kappa shape index (κ3) is 4.00. The van der Waals surface area contributed by atoms with Crippen LogP contribution in [0.2, 0.25) is 5.02 Å². The average molecular weight is 410 g/mol. The van der Waals surface area contributed by atoms with Crippen LogP contribution in [0.25, 0.3) is 22.5 Å². The molecule has 29 heavy (non-hydrogen) atoms. The zero-order valence-electron chi connectivity index (χ0n) is 15.7. The Bertz CT molecular complexity index is 1110. The number of pyridine rings is 1. The van der Waals surface area contributed by atoms with E-state index in [9.17, 15) is 9.59 Å². The zero-order valence-corrected chi connectivity index (χ0v) is 16.5. The van der Waals surface area contributed by atoms with Gasteiger partial charge in [0.15, 0.2) is 0 Å². The molecule has 1 fully saturated rings. The number of nitrogens with zero attached hydrogens (tertiary/aromatic N) is 4. The maximum absolute atomic E-state index is 12.5. The van der Waals surface area contributed by atoms with Crippen molar-refractivity contribution in [2.75, 3.05) is 18.8 Å². The third-order valence-corrected chi connectivity index (χ3v) is 5.24. The van der Waals surface area contributed by atoms with Crippen LogP contribution in [0.15, 0.2) is 53.3 Å². The summed E-state index contributed by atoms with van der Waals surface area (Å²) in [6.45, 7) is 1.36. The molecule has 1 aromatic carbocycles. The lowest BCUT2D eigenvalue weighted by Gasteiger charge is -2.16. The van der Waals surface area contributed by atoms with Gasteiger partial charge in [0.2, 0.25) is 5.91 Å². The lowest BCUT2D eigenvalue weighted by atomic mass is 10.0. The average Bonchev–Trinajstić information content (AvgIpc) is 3.27.